The largest absolute Gasteiger partial charge is 0.342 e. The number of hydrogen-bond acceptors (Lipinski definition) is 4. The lowest BCUT2D eigenvalue weighted by molar-refractivity contribution is -0.132. The molecule has 0 N–H and O–H groups in total. The molecule has 42 heavy (non-hydrogen) atoms. The van der Waals surface area contributed by atoms with E-state index in [-0.39, 0.29) is 5.91 Å². The van der Waals surface area contributed by atoms with Gasteiger partial charge in [-0.15, -0.1) is 0 Å². The molecule has 2 saturated carbocycles. The first-order valence-corrected chi connectivity index (χ1v) is 17.9. The van der Waals surface area contributed by atoms with Crippen molar-refractivity contribution in [3.05, 3.63) is 30.1 Å². The first-order valence-electron chi connectivity index (χ1n) is 17.9. The molecule has 6 nitrogen and oxygen atoms in total. The first-order chi connectivity index (χ1) is 20.6. The molecule has 3 aliphatic heterocycles. The second-order valence-electron chi connectivity index (χ2n) is 14.6. The average molecular weight is 574 g/mol. The molecule has 5 aliphatic rings. The summed E-state index contributed by atoms with van der Waals surface area (Å²) in [5.41, 5.74) is 2.48. The summed E-state index contributed by atoms with van der Waals surface area (Å²) in [7, 11) is 0. The number of carbonyl (C=O) groups is 1. The van der Waals surface area contributed by atoms with E-state index in [9.17, 15) is 4.79 Å². The molecular formula is C36H55N5O. The third-order valence-corrected chi connectivity index (χ3v) is 12.2. The van der Waals surface area contributed by atoms with Gasteiger partial charge in [0, 0.05) is 49.7 Å². The van der Waals surface area contributed by atoms with Gasteiger partial charge < -0.3 is 9.47 Å². The number of rotatable bonds is 8. The summed E-state index contributed by atoms with van der Waals surface area (Å²) in [4.78, 5) is 25.9. The number of para-hydroxylation sites is 2. The molecule has 0 radical (unpaired) electrons. The third kappa shape index (κ3) is 5.67. The van der Waals surface area contributed by atoms with Crippen LogP contribution in [0.15, 0.2) is 24.3 Å². The van der Waals surface area contributed by atoms with E-state index in [1.165, 1.54) is 101 Å². The molecule has 4 heterocycles. The number of aromatic nitrogens is 2. The highest BCUT2D eigenvalue weighted by atomic mass is 16.2. The van der Waals surface area contributed by atoms with Gasteiger partial charge in [-0.05, 0) is 102 Å². The van der Waals surface area contributed by atoms with Gasteiger partial charge in [0.25, 0.3) is 0 Å². The molecule has 230 valence electrons. The van der Waals surface area contributed by atoms with Gasteiger partial charge in [-0.25, -0.2) is 4.98 Å². The predicted molar refractivity (Wildman–Crippen MR) is 171 cm³/mol. The minimum Gasteiger partial charge on any atom is -0.342 e. The smallest absolute Gasteiger partial charge is 0.236 e. The van der Waals surface area contributed by atoms with Crippen LogP contribution in [-0.4, -0.2) is 80.5 Å². The molecule has 1 aromatic heterocycles. The number of piperidine rings is 2. The summed E-state index contributed by atoms with van der Waals surface area (Å²) in [6.07, 6.45) is 20.4. The maximum absolute atomic E-state index is 13.0. The summed E-state index contributed by atoms with van der Waals surface area (Å²) in [5, 5.41) is 0. The average Bonchev–Trinajstić information content (AvgIpc) is 3.53. The van der Waals surface area contributed by atoms with Crippen LogP contribution in [0.25, 0.3) is 11.0 Å². The van der Waals surface area contributed by atoms with Crippen LogP contribution in [0.2, 0.25) is 0 Å². The molecule has 1 amide bonds. The molecule has 0 spiro atoms. The molecule has 7 atom stereocenters. The van der Waals surface area contributed by atoms with Crippen LogP contribution in [0, 0.1) is 11.8 Å². The van der Waals surface area contributed by atoms with Crippen molar-refractivity contribution in [2.75, 3.05) is 26.2 Å². The standard InChI is InChI=1S/C36H55N5O/c1-3-38(4-2)36(42)25-39-18-10-15-28(39)24-35-37-33-16-7-8-17-34(33)41(35)32-22-29-13-9-14-30(23-32)40(29)31-20-26-11-5-6-12-27(19-26)21-31/h7-8,16-17,26-32H,3-6,9-15,18-25H2,1-2H3/t26-,27+,28-,29-,30+,31?,32?/m0/s1. The Bertz CT molecular complexity index is 1190. The zero-order valence-electron chi connectivity index (χ0n) is 26.4. The number of likely N-dealkylation sites (tertiary alicyclic amines) is 1. The monoisotopic (exact) mass is 573 g/mol. The second kappa shape index (κ2) is 12.6. The molecule has 2 aromatic rings. The Labute approximate surface area is 254 Å². The SMILES string of the molecule is CCN(CC)C(=O)CN1CCC[C@H]1Cc1nc2ccccc2n1C1C[C@H]2CCC[C@@H](C1)N2C1C[C@H]2CCCC[C@@H](C1)C2. The van der Waals surface area contributed by atoms with Gasteiger partial charge in [0.15, 0.2) is 0 Å². The lowest BCUT2D eigenvalue weighted by Crippen LogP contribution is -2.58. The van der Waals surface area contributed by atoms with Crippen molar-refractivity contribution in [2.24, 2.45) is 11.8 Å². The number of carbonyl (C=O) groups excluding carboxylic acids is 1. The fraction of sp³-hybridized carbons (Fsp3) is 0.778. The van der Waals surface area contributed by atoms with E-state index >= 15 is 0 Å². The van der Waals surface area contributed by atoms with Crippen LogP contribution in [0.1, 0.15) is 116 Å². The lowest BCUT2D eigenvalue weighted by atomic mass is 9.73. The van der Waals surface area contributed by atoms with Crippen molar-refractivity contribution in [1.82, 2.24) is 24.3 Å². The molecule has 7 rings (SSSR count). The minimum atomic E-state index is 0.281. The van der Waals surface area contributed by atoms with Crippen LogP contribution in [0.5, 0.6) is 0 Å². The minimum absolute atomic E-state index is 0.281. The van der Waals surface area contributed by atoms with Crippen molar-refractivity contribution in [1.29, 1.82) is 0 Å². The highest BCUT2D eigenvalue weighted by Crippen LogP contribution is 2.47. The molecule has 3 saturated heterocycles. The van der Waals surface area contributed by atoms with E-state index < -0.39 is 0 Å². The number of imidazole rings is 1. The van der Waals surface area contributed by atoms with Gasteiger partial charge in [0.2, 0.25) is 5.91 Å². The molecule has 2 unspecified atom stereocenters. The second-order valence-corrected chi connectivity index (χ2v) is 14.6. The van der Waals surface area contributed by atoms with Gasteiger partial charge in [-0.2, -0.15) is 0 Å². The van der Waals surface area contributed by atoms with Gasteiger partial charge in [0.05, 0.1) is 17.6 Å². The Morgan fingerprint density at radius 1 is 0.810 bits per heavy atom. The number of fused-ring (bicyclic) bond motifs is 5. The normalized spacial score (nSPS) is 34.0. The van der Waals surface area contributed by atoms with Crippen molar-refractivity contribution < 1.29 is 4.79 Å². The van der Waals surface area contributed by atoms with Crippen molar-refractivity contribution in [3.8, 4) is 0 Å². The van der Waals surface area contributed by atoms with E-state index in [1.54, 1.807) is 0 Å². The van der Waals surface area contributed by atoms with E-state index in [4.69, 9.17) is 4.98 Å². The number of likely N-dealkylation sites (N-methyl/N-ethyl adjacent to an activating group) is 1. The molecule has 4 bridgehead atoms. The Morgan fingerprint density at radius 3 is 2.24 bits per heavy atom. The van der Waals surface area contributed by atoms with Crippen LogP contribution in [0.3, 0.4) is 0 Å². The zero-order valence-corrected chi connectivity index (χ0v) is 26.4. The summed E-state index contributed by atoms with van der Waals surface area (Å²) < 4.78 is 2.70. The Hall–Kier alpha value is -1.92. The highest BCUT2D eigenvalue weighted by molar-refractivity contribution is 5.78. The molecule has 6 heteroatoms. The third-order valence-electron chi connectivity index (χ3n) is 12.2. The maximum atomic E-state index is 13.0. The summed E-state index contributed by atoms with van der Waals surface area (Å²) in [5.74, 6) is 3.52. The van der Waals surface area contributed by atoms with Gasteiger partial charge in [0.1, 0.15) is 5.82 Å². The molecule has 5 fully saturated rings. The van der Waals surface area contributed by atoms with E-state index in [0.717, 1.165) is 61.5 Å². The number of nitrogens with zero attached hydrogens (tertiary/aromatic N) is 5. The first kappa shape index (κ1) is 28.8. The molecule has 2 aliphatic carbocycles. The van der Waals surface area contributed by atoms with Crippen molar-refractivity contribution >= 4 is 16.9 Å². The summed E-state index contributed by atoms with van der Waals surface area (Å²) in [6.45, 7) is 7.36. The van der Waals surface area contributed by atoms with Crippen molar-refractivity contribution in [3.63, 3.8) is 0 Å². The number of amides is 1. The fourth-order valence-electron chi connectivity index (χ4n) is 10.3. The Balaban J connectivity index is 1.12. The van der Waals surface area contributed by atoms with Crippen LogP contribution in [-0.2, 0) is 11.2 Å². The zero-order chi connectivity index (χ0) is 28.6. The quantitative estimate of drug-likeness (QED) is 0.347. The maximum Gasteiger partial charge on any atom is 0.236 e. The number of benzene rings is 1. The number of hydrogen-bond donors (Lipinski definition) is 0. The van der Waals surface area contributed by atoms with Crippen LogP contribution in [0.4, 0.5) is 0 Å². The Kier molecular flexibility index (Phi) is 8.64. The highest BCUT2D eigenvalue weighted by Gasteiger charge is 2.45. The van der Waals surface area contributed by atoms with Crippen LogP contribution < -0.4 is 0 Å². The van der Waals surface area contributed by atoms with E-state index in [0.29, 0.717) is 18.6 Å². The summed E-state index contributed by atoms with van der Waals surface area (Å²) in [6, 6.07) is 12.1. The molecular weight excluding hydrogens is 518 g/mol. The predicted octanol–water partition coefficient (Wildman–Crippen LogP) is 6.83. The van der Waals surface area contributed by atoms with E-state index in [2.05, 4.69) is 52.5 Å². The van der Waals surface area contributed by atoms with Gasteiger partial charge in [-0.3, -0.25) is 14.6 Å². The van der Waals surface area contributed by atoms with E-state index in [1.807, 2.05) is 4.90 Å². The van der Waals surface area contributed by atoms with Gasteiger partial charge >= 0.3 is 0 Å². The van der Waals surface area contributed by atoms with Crippen molar-refractivity contribution in [2.45, 2.75) is 140 Å². The topological polar surface area (TPSA) is 44.6 Å². The van der Waals surface area contributed by atoms with Crippen LogP contribution >= 0.6 is 0 Å². The molecule has 1 aromatic carbocycles. The lowest BCUT2D eigenvalue weighted by Gasteiger charge is -2.54. The Morgan fingerprint density at radius 2 is 1.52 bits per heavy atom. The van der Waals surface area contributed by atoms with Gasteiger partial charge in [-0.1, -0.05) is 44.2 Å². The summed E-state index contributed by atoms with van der Waals surface area (Å²) >= 11 is 0. The fourth-order valence-corrected chi connectivity index (χ4v) is 10.3.